The van der Waals surface area contributed by atoms with Crippen molar-refractivity contribution in [2.45, 2.75) is 0 Å². The lowest BCUT2D eigenvalue weighted by atomic mass is 9.98. The van der Waals surface area contributed by atoms with Crippen LogP contribution in [0.3, 0.4) is 0 Å². The molecular formula is C54H33NO2S. The maximum absolute atomic E-state index is 6.42. The van der Waals surface area contributed by atoms with Crippen molar-refractivity contribution in [3.63, 3.8) is 0 Å². The summed E-state index contributed by atoms with van der Waals surface area (Å²) in [6.45, 7) is 0. The van der Waals surface area contributed by atoms with Gasteiger partial charge in [0.1, 0.15) is 22.3 Å². The quantitative estimate of drug-likeness (QED) is 0.169. The summed E-state index contributed by atoms with van der Waals surface area (Å²) < 4.78 is 15.3. The molecule has 0 bridgehead atoms. The molecule has 12 aromatic rings. The Labute approximate surface area is 338 Å². The van der Waals surface area contributed by atoms with Gasteiger partial charge in [0.2, 0.25) is 0 Å². The van der Waals surface area contributed by atoms with Crippen LogP contribution in [-0.4, -0.2) is 0 Å². The van der Waals surface area contributed by atoms with Crippen molar-refractivity contribution in [1.29, 1.82) is 0 Å². The molecule has 0 fully saturated rings. The van der Waals surface area contributed by atoms with Crippen LogP contribution in [0.1, 0.15) is 0 Å². The van der Waals surface area contributed by atoms with E-state index in [2.05, 4.69) is 181 Å². The fourth-order valence-corrected chi connectivity index (χ4v) is 9.95. The van der Waals surface area contributed by atoms with Gasteiger partial charge in [-0.25, -0.2) is 0 Å². The first kappa shape index (κ1) is 32.8. The first-order valence-electron chi connectivity index (χ1n) is 19.6. The highest BCUT2D eigenvalue weighted by Gasteiger charge is 2.18. The number of anilines is 3. The summed E-state index contributed by atoms with van der Waals surface area (Å²) in [5.74, 6) is 0. The Kier molecular flexibility index (Phi) is 7.40. The van der Waals surface area contributed by atoms with E-state index in [1.54, 1.807) is 0 Å². The SMILES string of the molecule is c1ccc2c(c1)oc1c(-c3ccc(N(c4ccc(-c5cccc6oc7ccccc7c56)cc4)c4ccc(-c5cccc6sc7ccccc7c56)cc4)cc3)cccc12. The van der Waals surface area contributed by atoms with Crippen molar-refractivity contribution in [3.05, 3.63) is 200 Å². The molecule has 9 aromatic carbocycles. The smallest absolute Gasteiger partial charge is 0.143 e. The Morgan fingerprint density at radius 3 is 1.47 bits per heavy atom. The predicted octanol–water partition coefficient (Wildman–Crippen LogP) is 16.3. The molecule has 0 aliphatic heterocycles. The number of rotatable bonds is 6. The van der Waals surface area contributed by atoms with Crippen molar-refractivity contribution in [3.8, 4) is 33.4 Å². The molecule has 0 aliphatic rings. The third-order valence-corrected chi connectivity index (χ3v) is 12.7. The van der Waals surface area contributed by atoms with Crippen LogP contribution in [0.4, 0.5) is 17.1 Å². The third-order valence-electron chi connectivity index (χ3n) is 11.5. The van der Waals surface area contributed by atoms with E-state index in [4.69, 9.17) is 8.83 Å². The summed E-state index contributed by atoms with van der Waals surface area (Å²) in [5.41, 5.74) is 13.8. The summed E-state index contributed by atoms with van der Waals surface area (Å²) in [6, 6.07) is 71.4. The average molecular weight is 760 g/mol. The molecule has 4 heteroatoms. The molecule has 3 nitrogen and oxygen atoms in total. The van der Waals surface area contributed by atoms with Gasteiger partial charge in [-0.1, -0.05) is 133 Å². The van der Waals surface area contributed by atoms with E-state index in [0.29, 0.717) is 0 Å². The molecule has 0 radical (unpaired) electrons. The first-order chi connectivity index (χ1) is 28.7. The van der Waals surface area contributed by atoms with Crippen LogP contribution in [0.15, 0.2) is 209 Å². The minimum absolute atomic E-state index is 0.897. The largest absolute Gasteiger partial charge is 0.456 e. The lowest BCUT2D eigenvalue weighted by molar-refractivity contribution is 0.669. The summed E-state index contributed by atoms with van der Waals surface area (Å²) in [7, 11) is 0. The molecular weight excluding hydrogens is 727 g/mol. The van der Waals surface area contributed by atoms with Gasteiger partial charge >= 0.3 is 0 Å². The van der Waals surface area contributed by atoms with Crippen molar-refractivity contribution in [1.82, 2.24) is 0 Å². The van der Waals surface area contributed by atoms with E-state index in [-0.39, 0.29) is 0 Å². The van der Waals surface area contributed by atoms with Crippen molar-refractivity contribution < 1.29 is 8.83 Å². The zero-order valence-corrected chi connectivity index (χ0v) is 32.0. The molecule has 0 unspecified atom stereocenters. The van der Waals surface area contributed by atoms with Gasteiger partial charge in [0, 0.05) is 64.3 Å². The number of furan rings is 2. The van der Waals surface area contributed by atoms with E-state index in [1.165, 1.54) is 31.3 Å². The predicted molar refractivity (Wildman–Crippen MR) is 245 cm³/mol. The van der Waals surface area contributed by atoms with Gasteiger partial charge in [0.25, 0.3) is 0 Å². The monoisotopic (exact) mass is 759 g/mol. The van der Waals surface area contributed by atoms with Crippen molar-refractivity contribution >= 4 is 92.4 Å². The lowest BCUT2D eigenvalue weighted by Crippen LogP contribution is -2.09. The van der Waals surface area contributed by atoms with Crippen LogP contribution in [0.25, 0.3) is 97.4 Å². The van der Waals surface area contributed by atoms with Crippen LogP contribution in [0.2, 0.25) is 0 Å². The van der Waals surface area contributed by atoms with Crippen LogP contribution >= 0.6 is 11.3 Å². The number of nitrogens with zero attached hydrogens (tertiary/aromatic N) is 1. The van der Waals surface area contributed by atoms with Gasteiger partial charge in [-0.3, -0.25) is 0 Å². The topological polar surface area (TPSA) is 29.5 Å². The lowest BCUT2D eigenvalue weighted by Gasteiger charge is -2.26. The van der Waals surface area contributed by atoms with E-state index < -0.39 is 0 Å². The molecule has 0 N–H and O–H groups in total. The molecule has 3 heterocycles. The van der Waals surface area contributed by atoms with Crippen molar-refractivity contribution in [2.75, 3.05) is 4.90 Å². The van der Waals surface area contributed by atoms with Crippen LogP contribution < -0.4 is 4.90 Å². The number of benzene rings is 9. The molecule has 0 saturated heterocycles. The third kappa shape index (κ3) is 5.19. The second-order valence-electron chi connectivity index (χ2n) is 14.8. The minimum Gasteiger partial charge on any atom is -0.456 e. The molecule has 0 amide bonds. The molecule has 3 aromatic heterocycles. The van der Waals surface area contributed by atoms with Gasteiger partial charge < -0.3 is 13.7 Å². The fourth-order valence-electron chi connectivity index (χ4n) is 8.82. The van der Waals surface area contributed by atoms with E-state index >= 15 is 0 Å². The molecule has 272 valence electrons. The average Bonchev–Trinajstić information content (AvgIpc) is 3.99. The summed E-state index contributed by atoms with van der Waals surface area (Å²) >= 11 is 1.86. The zero-order valence-electron chi connectivity index (χ0n) is 31.2. The van der Waals surface area contributed by atoms with Gasteiger partial charge in [-0.15, -0.1) is 11.3 Å². The second kappa shape index (κ2) is 13.1. The summed E-state index contributed by atoms with van der Waals surface area (Å²) in [4.78, 5) is 2.34. The maximum atomic E-state index is 6.42. The minimum atomic E-state index is 0.897. The molecule has 0 aliphatic carbocycles. The Bertz CT molecular complexity index is 3340. The number of hydrogen-bond acceptors (Lipinski definition) is 4. The Morgan fingerprint density at radius 2 is 0.776 bits per heavy atom. The number of hydrogen-bond donors (Lipinski definition) is 0. The van der Waals surface area contributed by atoms with E-state index in [9.17, 15) is 0 Å². The highest BCUT2D eigenvalue weighted by molar-refractivity contribution is 7.25. The standard InChI is InChI=1S/C54H33NO2S/c1-4-17-47-43(10-1)44-16-7-15-42(54(44)57-47)36-26-32-39(33-27-36)55(37-28-22-34(23-29-37)40-13-8-19-49-52(40)45-11-2-5-18-48(45)56-49)38-30-24-35(25-31-38)41-14-9-21-51-53(41)46-12-3-6-20-50(46)58-51/h1-33H. The maximum Gasteiger partial charge on any atom is 0.143 e. The molecule has 58 heavy (non-hydrogen) atoms. The van der Waals surface area contributed by atoms with E-state index in [1.807, 2.05) is 35.6 Å². The number of thiophene rings is 1. The normalized spacial score (nSPS) is 11.8. The van der Waals surface area contributed by atoms with Crippen LogP contribution in [-0.2, 0) is 0 Å². The Hall–Kier alpha value is -7.40. The van der Waals surface area contributed by atoms with Gasteiger partial charge in [-0.05, 0) is 94.5 Å². The fraction of sp³-hybridized carbons (Fsp3) is 0. The highest BCUT2D eigenvalue weighted by atomic mass is 32.1. The number of para-hydroxylation sites is 3. The number of fused-ring (bicyclic) bond motifs is 9. The molecule has 12 rings (SSSR count). The Morgan fingerprint density at radius 1 is 0.310 bits per heavy atom. The van der Waals surface area contributed by atoms with Crippen LogP contribution in [0.5, 0.6) is 0 Å². The second-order valence-corrected chi connectivity index (χ2v) is 15.9. The van der Waals surface area contributed by atoms with Gasteiger partial charge in [0.05, 0.1) is 0 Å². The molecule has 0 saturated carbocycles. The molecule has 0 atom stereocenters. The van der Waals surface area contributed by atoms with Crippen molar-refractivity contribution in [2.24, 2.45) is 0 Å². The van der Waals surface area contributed by atoms with Gasteiger partial charge in [-0.2, -0.15) is 0 Å². The van der Waals surface area contributed by atoms with Gasteiger partial charge in [0.15, 0.2) is 0 Å². The zero-order chi connectivity index (χ0) is 38.2. The summed E-state index contributed by atoms with van der Waals surface area (Å²) in [6.07, 6.45) is 0. The first-order valence-corrected chi connectivity index (χ1v) is 20.4. The molecule has 0 spiro atoms. The van der Waals surface area contributed by atoms with E-state index in [0.717, 1.165) is 83.2 Å². The van der Waals surface area contributed by atoms with Crippen LogP contribution in [0, 0.1) is 0 Å². The summed E-state index contributed by atoms with van der Waals surface area (Å²) in [5, 5.41) is 7.16. The Balaban J connectivity index is 0.968. The highest BCUT2D eigenvalue weighted by Crippen LogP contribution is 2.44.